The van der Waals surface area contributed by atoms with Crippen molar-refractivity contribution < 1.29 is 34.3 Å². The highest BCUT2D eigenvalue weighted by Crippen LogP contribution is 2.79. The Balaban J connectivity index is 1.18. The molecule has 0 aromatic rings. The van der Waals surface area contributed by atoms with E-state index in [1.165, 1.54) is 6.08 Å². The number of ether oxygens (including phenoxy) is 3. The highest BCUT2D eigenvalue weighted by molar-refractivity contribution is 5.82. The Morgan fingerprint density at radius 3 is 2.33 bits per heavy atom. The number of esters is 1. The molecule has 0 aromatic heterocycles. The third-order valence-corrected chi connectivity index (χ3v) is 16.0. The predicted octanol–water partition coefficient (Wildman–Crippen LogP) is 7.29. The lowest BCUT2D eigenvalue weighted by atomic mass is 9.32. The highest BCUT2D eigenvalue weighted by Gasteiger charge is 2.75. The van der Waals surface area contributed by atoms with Gasteiger partial charge < -0.3 is 29.5 Å². The Bertz CT molecular complexity index is 1310. The van der Waals surface area contributed by atoms with Gasteiger partial charge >= 0.3 is 5.97 Å². The van der Waals surface area contributed by atoms with Crippen molar-refractivity contribution in [3.05, 3.63) is 36.5 Å². The lowest BCUT2D eigenvalue weighted by molar-refractivity contribution is -0.281. The quantitative estimate of drug-likeness (QED) is 0.0779. The van der Waals surface area contributed by atoms with Gasteiger partial charge in [-0.25, -0.2) is 4.79 Å². The zero-order chi connectivity index (χ0) is 34.9. The first-order chi connectivity index (χ1) is 22.5. The van der Waals surface area contributed by atoms with Gasteiger partial charge in [-0.15, -0.1) is 0 Å². The van der Waals surface area contributed by atoms with Crippen molar-refractivity contribution in [3.8, 4) is 0 Å². The number of aliphatic hydroxyl groups excluding tert-OH is 3. The summed E-state index contributed by atoms with van der Waals surface area (Å²) in [6.45, 7) is 18.3. The van der Waals surface area contributed by atoms with Crippen LogP contribution in [0.15, 0.2) is 36.5 Å². The maximum atomic E-state index is 12.9. The van der Waals surface area contributed by atoms with Crippen LogP contribution in [0.4, 0.5) is 0 Å². The van der Waals surface area contributed by atoms with Crippen LogP contribution in [0, 0.1) is 50.7 Å². The molecular weight excluding hydrogens is 604 g/mol. The van der Waals surface area contributed by atoms with Crippen LogP contribution in [-0.2, 0) is 19.0 Å². The Morgan fingerprint density at radius 2 is 1.65 bits per heavy atom. The molecule has 2 heterocycles. The summed E-state index contributed by atoms with van der Waals surface area (Å²) in [6, 6.07) is 0. The van der Waals surface area contributed by atoms with Gasteiger partial charge in [-0.2, -0.15) is 0 Å². The van der Waals surface area contributed by atoms with E-state index in [1.54, 1.807) is 6.08 Å². The average Bonchev–Trinajstić information content (AvgIpc) is 3.45. The summed E-state index contributed by atoms with van der Waals surface area (Å²) in [5.41, 5.74) is -1.25. The minimum atomic E-state index is -0.831. The molecule has 0 amide bonds. The fourth-order valence-electron chi connectivity index (χ4n) is 12.9. The topological polar surface area (TPSA) is 109 Å². The van der Waals surface area contributed by atoms with Crippen LogP contribution in [-0.4, -0.2) is 64.2 Å². The van der Waals surface area contributed by atoms with Gasteiger partial charge in [0.2, 0.25) is 0 Å². The van der Waals surface area contributed by atoms with Crippen LogP contribution in [0.25, 0.3) is 0 Å². The third-order valence-electron chi connectivity index (χ3n) is 16.0. The van der Waals surface area contributed by atoms with E-state index in [0.29, 0.717) is 18.3 Å². The summed E-state index contributed by atoms with van der Waals surface area (Å²) < 4.78 is 18.1. The molecule has 6 aliphatic rings. The van der Waals surface area contributed by atoms with E-state index in [0.717, 1.165) is 57.8 Å². The minimum absolute atomic E-state index is 0.0182. The molecule has 7 heteroatoms. The molecule has 1 unspecified atom stereocenters. The highest BCUT2D eigenvalue weighted by atomic mass is 16.7. The molecule has 48 heavy (non-hydrogen) atoms. The number of hydrogen-bond donors (Lipinski definition) is 3. The molecule has 0 spiro atoms. The fourth-order valence-corrected chi connectivity index (χ4v) is 12.9. The molecule has 4 aliphatic carbocycles. The van der Waals surface area contributed by atoms with Crippen LogP contribution >= 0.6 is 0 Å². The number of rotatable bonds is 9. The number of hydrogen-bond acceptors (Lipinski definition) is 7. The average molecular weight is 669 g/mol. The first kappa shape index (κ1) is 36.3. The van der Waals surface area contributed by atoms with Crippen molar-refractivity contribution in [1.82, 2.24) is 0 Å². The lowest BCUT2D eigenvalue weighted by Gasteiger charge is -2.73. The van der Waals surface area contributed by atoms with Gasteiger partial charge in [0.05, 0.1) is 18.8 Å². The van der Waals surface area contributed by atoms with Gasteiger partial charge in [0.1, 0.15) is 17.8 Å². The molecular formula is C41H64O7. The fraction of sp³-hybridized carbons (Fsp3) is 0.829. The van der Waals surface area contributed by atoms with Crippen molar-refractivity contribution in [2.75, 3.05) is 6.61 Å². The Morgan fingerprint density at radius 1 is 0.896 bits per heavy atom. The SMILES string of the molecule is CC/C=C\C/C=C\C=C\C(=O)O[C@@H]1CC[C@]2(C)[C@H]3CC[C@@]4(C)[C@@H]([C@H]5CC([C@@H]6O[C@@]6(C)CO)O[C@H]5O)CC[C@@]4(C)[C@]3(C)[C@H](O)C[C@H]2C1(C)C. The predicted molar refractivity (Wildman–Crippen MR) is 187 cm³/mol. The molecule has 2 saturated heterocycles. The largest absolute Gasteiger partial charge is 0.459 e. The second kappa shape index (κ2) is 12.6. The molecule has 6 rings (SSSR count). The zero-order valence-corrected chi connectivity index (χ0v) is 30.9. The maximum Gasteiger partial charge on any atom is 0.331 e. The Kier molecular flexibility index (Phi) is 9.54. The number of aliphatic hydroxyl groups is 3. The Labute approximate surface area is 289 Å². The maximum absolute atomic E-state index is 12.9. The van der Waals surface area contributed by atoms with Gasteiger partial charge in [-0.1, -0.05) is 78.8 Å². The van der Waals surface area contributed by atoms with E-state index in [1.807, 2.05) is 19.1 Å². The number of carbonyl (C=O) groups excluding carboxylic acids is 1. The van der Waals surface area contributed by atoms with Gasteiger partial charge in [0.25, 0.3) is 0 Å². The minimum Gasteiger partial charge on any atom is -0.459 e. The molecule has 0 radical (unpaired) electrons. The zero-order valence-electron chi connectivity index (χ0n) is 30.9. The second-order valence-corrected chi connectivity index (χ2v) is 18.2. The number of carbonyl (C=O) groups is 1. The molecule has 6 fully saturated rings. The number of epoxide rings is 1. The molecule has 0 aromatic carbocycles. The van der Waals surface area contributed by atoms with Crippen LogP contribution < -0.4 is 0 Å². The van der Waals surface area contributed by atoms with Crippen LogP contribution in [0.1, 0.15) is 120 Å². The number of allylic oxidation sites excluding steroid dienone is 5. The molecule has 0 bridgehead atoms. The normalized spacial score (nSPS) is 51.3. The molecule has 14 atom stereocenters. The van der Waals surface area contributed by atoms with E-state index in [2.05, 4.69) is 60.6 Å². The van der Waals surface area contributed by atoms with E-state index < -0.39 is 18.0 Å². The second-order valence-electron chi connectivity index (χ2n) is 18.2. The number of fused-ring (bicyclic) bond motifs is 5. The van der Waals surface area contributed by atoms with Gasteiger partial charge in [0, 0.05) is 22.8 Å². The monoisotopic (exact) mass is 668 g/mol. The lowest BCUT2D eigenvalue weighted by Crippen LogP contribution is -2.70. The van der Waals surface area contributed by atoms with E-state index >= 15 is 0 Å². The van der Waals surface area contributed by atoms with Crippen LogP contribution in [0.5, 0.6) is 0 Å². The smallest absolute Gasteiger partial charge is 0.331 e. The van der Waals surface area contributed by atoms with Crippen molar-refractivity contribution in [2.45, 2.75) is 156 Å². The molecule has 270 valence electrons. The molecule has 7 nitrogen and oxygen atoms in total. The standard InChI is InChI=1S/C41H64O7/c1-9-10-11-12-13-14-15-16-33(44)47-32-19-20-37(4)29-18-21-38(5)27(26-23-28(46-35(26)45)34-39(6,25-42)48-34)17-22-40(38,7)41(29,8)31(43)24-30(37)36(32,2)3/h10-11,13-16,26-32,34-35,42-43,45H,9,12,17-25H2,1-8H3/b11-10-,14-13-,16-15+/t26-,27-,28?,29-,30+,31-,32-,34+,35-,37-,38+,39+,40-,41+/m1/s1. The molecule has 2 aliphatic heterocycles. The summed E-state index contributed by atoms with van der Waals surface area (Å²) in [4.78, 5) is 12.9. The molecule has 3 N–H and O–H groups in total. The molecule has 4 saturated carbocycles. The van der Waals surface area contributed by atoms with Gasteiger partial charge in [0.15, 0.2) is 6.29 Å². The van der Waals surface area contributed by atoms with Gasteiger partial charge in [-0.05, 0) is 105 Å². The van der Waals surface area contributed by atoms with Crippen molar-refractivity contribution >= 4 is 5.97 Å². The third kappa shape index (κ3) is 5.34. The van der Waals surface area contributed by atoms with Gasteiger partial charge in [-0.3, -0.25) is 0 Å². The Hall–Kier alpha value is -1.51. The summed E-state index contributed by atoms with van der Waals surface area (Å²) >= 11 is 0. The van der Waals surface area contributed by atoms with E-state index in [-0.39, 0.29) is 69.8 Å². The summed E-state index contributed by atoms with van der Waals surface area (Å²) in [7, 11) is 0. The summed E-state index contributed by atoms with van der Waals surface area (Å²) in [6.07, 6.45) is 18.9. The van der Waals surface area contributed by atoms with E-state index in [9.17, 15) is 20.1 Å². The summed E-state index contributed by atoms with van der Waals surface area (Å²) in [5.74, 6) is 0.596. The van der Waals surface area contributed by atoms with Crippen molar-refractivity contribution in [3.63, 3.8) is 0 Å². The van der Waals surface area contributed by atoms with Crippen molar-refractivity contribution in [1.29, 1.82) is 0 Å². The first-order valence-electron chi connectivity index (χ1n) is 19.0. The van der Waals surface area contributed by atoms with Crippen molar-refractivity contribution in [2.24, 2.45) is 50.7 Å². The van der Waals surface area contributed by atoms with E-state index in [4.69, 9.17) is 14.2 Å². The summed E-state index contributed by atoms with van der Waals surface area (Å²) in [5, 5.41) is 33.5. The van der Waals surface area contributed by atoms with Crippen LogP contribution in [0.3, 0.4) is 0 Å². The van der Waals surface area contributed by atoms with Crippen LogP contribution in [0.2, 0.25) is 0 Å². The first-order valence-corrected chi connectivity index (χ1v) is 19.0.